The van der Waals surface area contributed by atoms with E-state index in [0.29, 0.717) is 18.2 Å². The lowest BCUT2D eigenvalue weighted by atomic mass is 9.89. The van der Waals surface area contributed by atoms with Crippen LogP contribution in [-0.2, 0) is 6.18 Å². The first kappa shape index (κ1) is 21.3. The maximum absolute atomic E-state index is 13.1. The van der Waals surface area contributed by atoms with Crippen molar-refractivity contribution in [3.63, 3.8) is 0 Å². The maximum atomic E-state index is 13.1. The lowest BCUT2D eigenvalue weighted by molar-refractivity contribution is -0.137. The fourth-order valence-corrected chi connectivity index (χ4v) is 5.49. The van der Waals surface area contributed by atoms with Crippen LogP contribution in [0.15, 0.2) is 16.9 Å². The summed E-state index contributed by atoms with van der Waals surface area (Å²) in [5.74, 6) is 0.765. The Labute approximate surface area is 176 Å². The number of nitrogens with zero attached hydrogens (tertiary/aromatic N) is 3. The van der Waals surface area contributed by atoms with Gasteiger partial charge in [-0.15, -0.1) is 0 Å². The van der Waals surface area contributed by atoms with Gasteiger partial charge in [0.25, 0.3) is 5.56 Å². The van der Waals surface area contributed by atoms with Gasteiger partial charge in [0.1, 0.15) is 0 Å². The molecule has 1 saturated heterocycles. The Bertz CT molecular complexity index is 951. The summed E-state index contributed by atoms with van der Waals surface area (Å²) in [4.78, 5) is 21.0. The van der Waals surface area contributed by atoms with Gasteiger partial charge >= 0.3 is 6.18 Å². The molecule has 0 atom stereocenters. The maximum Gasteiger partial charge on any atom is 0.416 e. The summed E-state index contributed by atoms with van der Waals surface area (Å²) >= 11 is 1.12. The number of aromatic nitrogens is 1. The molecule has 0 amide bonds. The summed E-state index contributed by atoms with van der Waals surface area (Å²) in [5, 5.41) is 9.68. The zero-order valence-corrected chi connectivity index (χ0v) is 17.4. The van der Waals surface area contributed by atoms with E-state index in [9.17, 15) is 23.2 Å². The first-order chi connectivity index (χ1) is 14.3. The molecule has 2 heterocycles. The quantitative estimate of drug-likeness (QED) is 0.693. The minimum absolute atomic E-state index is 0.137. The molecule has 1 aromatic carbocycles. The Kier molecular flexibility index (Phi) is 6.17. The normalized spacial score (nSPS) is 19.4. The van der Waals surface area contributed by atoms with Gasteiger partial charge in [0.2, 0.25) is 0 Å². The zero-order chi connectivity index (χ0) is 21.3. The van der Waals surface area contributed by atoms with Gasteiger partial charge in [-0.2, -0.15) is 18.2 Å². The monoisotopic (exact) mass is 442 g/mol. The molecule has 4 rings (SSSR count). The van der Waals surface area contributed by atoms with E-state index in [1.165, 1.54) is 32.1 Å². The van der Waals surface area contributed by atoms with Crippen molar-refractivity contribution in [1.29, 1.82) is 0 Å². The number of hydrogen-bond donors (Lipinski definition) is 2. The van der Waals surface area contributed by atoms with Gasteiger partial charge in [0.15, 0.2) is 5.13 Å². The molecule has 30 heavy (non-hydrogen) atoms. The SMILES string of the molecule is O=c1nc(N2CCN(CC3CCCCC3)CC2)sc2c(NO)cc(C(F)(F)F)cc12. The summed E-state index contributed by atoms with van der Waals surface area (Å²) in [6.45, 7) is 4.27. The van der Waals surface area contributed by atoms with Crippen LogP contribution < -0.4 is 15.9 Å². The standard InChI is InChI=1S/C20H25F3N4O2S/c21-20(22,23)14-10-15-17(16(11-14)25-29)30-19(24-18(15)28)27-8-6-26(7-9-27)12-13-4-2-1-3-5-13/h10-11,13,25,29H,1-9,12H2. The highest BCUT2D eigenvalue weighted by molar-refractivity contribution is 7.22. The summed E-state index contributed by atoms with van der Waals surface area (Å²) in [6.07, 6.45) is 1.94. The van der Waals surface area contributed by atoms with Crippen molar-refractivity contribution in [1.82, 2.24) is 9.88 Å². The largest absolute Gasteiger partial charge is 0.416 e. The number of rotatable bonds is 4. The van der Waals surface area contributed by atoms with Crippen molar-refractivity contribution < 1.29 is 18.4 Å². The Morgan fingerprint density at radius 3 is 2.47 bits per heavy atom. The van der Waals surface area contributed by atoms with Crippen LogP contribution in [0.4, 0.5) is 24.0 Å². The Morgan fingerprint density at radius 1 is 1.13 bits per heavy atom. The molecule has 0 bridgehead atoms. The predicted octanol–water partition coefficient (Wildman–Crippen LogP) is 4.18. The topological polar surface area (TPSA) is 68.7 Å². The van der Waals surface area contributed by atoms with E-state index in [0.717, 1.165) is 49.0 Å². The molecule has 2 fully saturated rings. The Balaban J connectivity index is 1.53. The third-order valence-electron chi connectivity index (χ3n) is 6.04. The molecule has 2 aromatic rings. The van der Waals surface area contributed by atoms with Crippen molar-refractivity contribution in [2.75, 3.05) is 43.1 Å². The molecular formula is C20H25F3N4O2S. The predicted molar refractivity (Wildman–Crippen MR) is 112 cm³/mol. The van der Waals surface area contributed by atoms with Gasteiger partial charge in [-0.1, -0.05) is 30.6 Å². The van der Waals surface area contributed by atoms with Crippen LogP contribution in [0.5, 0.6) is 0 Å². The van der Waals surface area contributed by atoms with Crippen molar-refractivity contribution in [2.24, 2.45) is 5.92 Å². The lowest BCUT2D eigenvalue weighted by Gasteiger charge is -2.37. The average molecular weight is 443 g/mol. The fourth-order valence-electron chi connectivity index (χ4n) is 4.40. The first-order valence-corrected chi connectivity index (χ1v) is 11.1. The highest BCUT2D eigenvalue weighted by Gasteiger charge is 2.32. The third-order valence-corrected chi connectivity index (χ3v) is 7.22. The smallest absolute Gasteiger partial charge is 0.345 e. The minimum atomic E-state index is -4.62. The van der Waals surface area contributed by atoms with E-state index in [1.807, 2.05) is 10.4 Å². The van der Waals surface area contributed by atoms with Gasteiger partial charge in [-0.05, 0) is 30.9 Å². The summed E-state index contributed by atoms with van der Waals surface area (Å²) < 4.78 is 39.6. The summed E-state index contributed by atoms with van der Waals surface area (Å²) in [7, 11) is 0. The van der Waals surface area contributed by atoms with E-state index < -0.39 is 17.3 Å². The number of anilines is 2. The molecule has 164 valence electrons. The molecule has 2 N–H and O–H groups in total. The Morgan fingerprint density at radius 2 is 1.83 bits per heavy atom. The Hall–Kier alpha value is -1.91. The summed E-state index contributed by atoms with van der Waals surface area (Å²) in [5.41, 5.74) is -0.0432. The van der Waals surface area contributed by atoms with Crippen LogP contribution in [-0.4, -0.2) is 47.8 Å². The van der Waals surface area contributed by atoms with Crippen molar-refractivity contribution in [3.8, 4) is 0 Å². The lowest BCUT2D eigenvalue weighted by Crippen LogP contribution is -2.48. The second-order valence-corrected chi connectivity index (χ2v) is 9.08. The second kappa shape index (κ2) is 8.68. The van der Waals surface area contributed by atoms with Gasteiger partial charge in [0.05, 0.1) is 21.3 Å². The number of benzene rings is 1. The minimum Gasteiger partial charge on any atom is -0.345 e. The van der Waals surface area contributed by atoms with Crippen LogP contribution >= 0.6 is 11.3 Å². The van der Waals surface area contributed by atoms with Crippen molar-refractivity contribution in [2.45, 2.75) is 38.3 Å². The van der Waals surface area contributed by atoms with E-state index in [1.54, 1.807) is 0 Å². The van der Waals surface area contributed by atoms with Crippen LogP contribution in [0.25, 0.3) is 10.1 Å². The van der Waals surface area contributed by atoms with Gasteiger partial charge < -0.3 is 4.90 Å². The molecule has 0 unspecified atom stereocenters. The van der Waals surface area contributed by atoms with Crippen LogP contribution in [0.3, 0.4) is 0 Å². The van der Waals surface area contributed by atoms with E-state index in [4.69, 9.17) is 0 Å². The van der Waals surface area contributed by atoms with E-state index >= 15 is 0 Å². The summed E-state index contributed by atoms with van der Waals surface area (Å²) in [6, 6.07) is 1.61. The molecule has 1 aliphatic heterocycles. The fraction of sp³-hybridized carbons (Fsp3) is 0.600. The van der Waals surface area contributed by atoms with Crippen LogP contribution in [0.2, 0.25) is 0 Å². The number of hydrogen-bond acceptors (Lipinski definition) is 7. The van der Waals surface area contributed by atoms with Gasteiger partial charge in [0, 0.05) is 32.7 Å². The van der Waals surface area contributed by atoms with E-state index in [-0.39, 0.29) is 15.8 Å². The molecule has 0 radical (unpaired) electrons. The van der Waals surface area contributed by atoms with Crippen LogP contribution in [0.1, 0.15) is 37.7 Å². The number of fused-ring (bicyclic) bond motifs is 1. The average Bonchev–Trinajstić information content (AvgIpc) is 2.73. The zero-order valence-electron chi connectivity index (χ0n) is 16.5. The van der Waals surface area contributed by atoms with E-state index in [2.05, 4.69) is 9.88 Å². The highest BCUT2D eigenvalue weighted by Crippen LogP contribution is 2.37. The van der Waals surface area contributed by atoms with Gasteiger partial charge in [-0.3, -0.25) is 20.4 Å². The molecule has 1 aliphatic carbocycles. The number of halogens is 3. The molecular weight excluding hydrogens is 417 g/mol. The molecule has 2 aliphatic rings. The van der Waals surface area contributed by atoms with Crippen LogP contribution in [0, 0.1) is 5.92 Å². The van der Waals surface area contributed by atoms with Gasteiger partial charge in [-0.25, -0.2) is 0 Å². The number of nitrogens with one attached hydrogen (secondary N) is 1. The third kappa shape index (κ3) is 4.55. The molecule has 10 heteroatoms. The molecule has 1 saturated carbocycles. The molecule has 0 spiro atoms. The first-order valence-electron chi connectivity index (χ1n) is 10.3. The van der Waals surface area contributed by atoms with Crippen molar-refractivity contribution >= 4 is 32.2 Å². The highest BCUT2D eigenvalue weighted by atomic mass is 32.1. The number of alkyl halides is 3. The second-order valence-electron chi connectivity index (χ2n) is 8.10. The molecule has 6 nitrogen and oxygen atoms in total. The van der Waals surface area contributed by atoms with Crippen molar-refractivity contribution in [3.05, 3.63) is 28.0 Å². The number of piperazine rings is 1. The molecule has 1 aromatic heterocycles.